The molecule has 6 nitrogen and oxygen atoms in total. The molecular formula is C12H14N4O2S2. The molecule has 0 saturated carbocycles. The first-order chi connectivity index (χ1) is 9.60. The van der Waals surface area contributed by atoms with Crippen LogP contribution in [-0.4, -0.2) is 32.7 Å². The molecule has 0 radical (unpaired) electrons. The van der Waals surface area contributed by atoms with E-state index in [0.717, 1.165) is 27.9 Å². The van der Waals surface area contributed by atoms with E-state index in [-0.39, 0.29) is 11.2 Å². The highest BCUT2D eigenvalue weighted by Crippen LogP contribution is 2.23. The number of aromatic amines is 1. The van der Waals surface area contributed by atoms with Crippen LogP contribution in [0.4, 0.5) is 0 Å². The van der Waals surface area contributed by atoms with Crippen LogP contribution in [0.2, 0.25) is 0 Å². The van der Waals surface area contributed by atoms with Gasteiger partial charge in [0.25, 0.3) is 5.56 Å². The number of nitrogens with zero attached hydrogens (tertiary/aromatic N) is 2. The first kappa shape index (κ1) is 13.3. The highest BCUT2D eigenvalue weighted by Gasteiger charge is 2.18. The summed E-state index contributed by atoms with van der Waals surface area (Å²) in [4.78, 5) is 29.8. The number of H-pyrrole nitrogens is 1. The van der Waals surface area contributed by atoms with Crippen molar-refractivity contribution in [1.29, 1.82) is 0 Å². The molecule has 8 heteroatoms. The molecule has 3 rings (SSSR count). The van der Waals surface area contributed by atoms with Gasteiger partial charge in [-0.2, -0.15) is 0 Å². The van der Waals surface area contributed by atoms with Gasteiger partial charge in [-0.3, -0.25) is 14.3 Å². The number of fused-ring (bicyclic) bond motifs is 1. The summed E-state index contributed by atoms with van der Waals surface area (Å²) in [6, 6.07) is 1.85. The minimum atomic E-state index is -0.350. The maximum absolute atomic E-state index is 11.9. The maximum Gasteiger partial charge on any atom is 0.329 e. The molecule has 2 aromatic heterocycles. The average molecular weight is 310 g/mol. The molecular weight excluding hydrogens is 296 g/mol. The van der Waals surface area contributed by atoms with Crippen molar-refractivity contribution in [2.75, 3.05) is 13.1 Å². The van der Waals surface area contributed by atoms with Gasteiger partial charge in [-0.25, -0.2) is 4.79 Å². The third kappa shape index (κ3) is 2.14. The molecule has 0 amide bonds. The number of thiophene rings is 1. The number of hydrogen-bond donors (Lipinski definition) is 2. The van der Waals surface area contributed by atoms with E-state index in [4.69, 9.17) is 12.2 Å². The van der Waals surface area contributed by atoms with Gasteiger partial charge in [0.1, 0.15) is 4.83 Å². The predicted octanol–water partition coefficient (Wildman–Crippen LogP) is 0.461. The molecule has 2 N–H and O–H groups in total. The number of nitrogens with one attached hydrogen (secondary N) is 2. The fourth-order valence-electron chi connectivity index (χ4n) is 2.33. The molecule has 1 fully saturated rings. The number of hydrogen-bond acceptors (Lipinski definition) is 4. The third-order valence-electron chi connectivity index (χ3n) is 3.33. The molecule has 2 aromatic rings. The largest absolute Gasteiger partial charge is 0.361 e. The summed E-state index contributed by atoms with van der Waals surface area (Å²) < 4.78 is 1.59. The van der Waals surface area contributed by atoms with Gasteiger partial charge in [0.2, 0.25) is 0 Å². The normalized spacial score (nSPS) is 15.1. The van der Waals surface area contributed by atoms with E-state index in [0.29, 0.717) is 18.5 Å². The Bertz CT molecular complexity index is 789. The number of thiocarbonyl (C=S) groups is 1. The second-order valence-corrected chi connectivity index (χ2v) is 6.09. The summed E-state index contributed by atoms with van der Waals surface area (Å²) in [5, 5.41) is 4.42. The van der Waals surface area contributed by atoms with E-state index in [1.54, 1.807) is 4.57 Å². The Labute approximate surface area is 124 Å². The Kier molecular flexibility index (Phi) is 3.35. The van der Waals surface area contributed by atoms with Gasteiger partial charge in [-0.15, -0.1) is 11.3 Å². The smallest absolute Gasteiger partial charge is 0.329 e. The van der Waals surface area contributed by atoms with Crippen LogP contribution < -0.4 is 16.6 Å². The Morgan fingerprint density at radius 1 is 1.45 bits per heavy atom. The fourth-order valence-corrected chi connectivity index (χ4v) is 3.82. The summed E-state index contributed by atoms with van der Waals surface area (Å²) in [6.45, 7) is 4.81. The summed E-state index contributed by atoms with van der Waals surface area (Å²) in [5.41, 5.74) is -0.670. The highest BCUT2D eigenvalue weighted by molar-refractivity contribution is 7.80. The average Bonchev–Trinajstić information content (AvgIpc) is 2.98. The topological polar surface area (TPSA) is 70.1 Å². The van der Waals surface area contributed by atoms with Crippen LogP contribution in [0.15, 0.2) is 15.7 Å². The van der Waals surface area contributed by atoms with Crippen molar-refractivity contribution in [2.24, 2.45) is 0 Å². The lowest BCUT2D eigenvalue weighted by Crippen LogP contribution is -2.28. The highest BCUT2D eigenvalue weighted by atomic mass is 32.1. The number of aryl methyl sites for hydroxylation is 1. The maximum atomic E-state index is 11.9. The van der Waals surface area contributed by atoms with Gasteiger partial charge >= 0.3 is 5.69 Å². The molecule has 106 valence electrons. The Morgan fingerprint density at radius 2 is 2.25 bits per heavy atom. The second-order valence-electron chi connectivity index (χ2n) is 4.59. The number of aromatic nitrogens is 2. The SMILES string of the molecule is CCn1c(=O)[nH]c(=O)c2cc(CN3CCNC3=S)sc21. The lowest BCUT2D eigenvalue weighted by Gasteiger charge is -2.14. The molecule has 0 spiro atoms. The second kappa shape index (κ2) is 5.02. The van der Waals surface area contributed by atoms with Gasteiger partial charge in [-0.1, -0.05) is 0 Å². The van der Waals surface area contributed by atoms with Crippen LogP contribution in [0.25, 0.3) is 10.2 Å². The van der Waals surface area contributed by atoms with E-state index in [1.807, 2.05) is 13.0 Å². The molecule has 20 heavy (non-hydrogen) atoms. The van der Waals surface area contributed by atoms with Crippen LogP contribution in [0.5, 0.6) is 0 Å². The molecule has 1 saturated heterocycles. The fraction of sp³-hybridized carbons (Fsp3) is 0.417. The lowest BCUT2D eigenvalue weighted by molar-refractivity contribution is 0.468. The van der Waals surface area contributed by atoms with E-state index in [2.05, 4.69) is 15.2 Å². The minimum absolute atomic E-state index is 0.320. The standard InChI is InChI=1S/C12H14N4O2S2/c1-2-16-10-8(9(17)14-11(16)18)5-7(20-10)6-15-4-3-13-12(15)19/h5H,2-4,6H2,1H3,(H,13,19)(H,14,17,18). The Hall–Kier alpha value is -1.67. The summed E-state index contributed by atoms with van der Waals surface area (Å²) in [7, 11) is 0. The molecule has 0 atom stereocenters. The third-order valence-corrected chi connectivity index (χ3v) is 4.87. The van der Waals surface area contributed by atoms with Gasteiger partial charge in [0.15, 0.2) is 5.11 Å². The summed E-state index contributed by atoms with van der Waals surface area (Å²) >= 11 is 6.69. The molecule has 0 aliphatic carbocycles. The molecule has 0 unspecified atom stereocenters. The van der Waals surface area contributed by atoms with Crippen molar-refractivity contribution >= 4 is 38.9 Å². The van der Waals surface area contributed by atoms with E-state index in [9.17, 15) is 9.59 Å². The van der Waals surface area contributed by atoms with Gasteiger partial charge in [-0.05, 0) is 25.2 Å². The molecule has 0 bridgehead atoms. The molecule has 1 aliphatic heterocycles. The Balaban J connectivity index is 2.06. The van der Waals surface area contributed by atoms with Crippen LogP contribution in [-0.2, 0) is 13.1 Å². The lowest BCUT2D eigenvalue weighted by atomic mass is 10.3. The number of rotatable bonds is 3. The molecule has 0 aromatic carbocycles. The van der Waals surface area contributed by atoms with Crippen LogP contribution in [0, 0.1) is 0 Å². The van der Waals surface area contributed by atoms with Crippen LogP contribution in [0.1, 0.15) is 11.8 Å². The van der Waals surface area contributed by atoms with E-state index >= 15 is 0 Å². The monoisotopic (exact) mass is 310 g/mol. The van der Waals surface area contributed by atoms with E-state index < -0.39 is 0 Å². The first-order valence-corrected chi connectivity index (χ1v) is 7.61. The van der Waals surface area contributed by atoms with Crippen molar-refractivity contribution in [3.05, 3.63) is 31.8 Å². The van der Waals surface area contributed by atoms with E-state index in [1.165, 1.54) is 11.3 Å². The van der Waals surface area contributed by atoms with Gasteiger partial charge in [0.05, 0.1) is 11.9 Å². The summed E-state index contributed by atoms with van der Waals surface area (Å²) in [5.74, 6) is 0. The zero-order chi connectivity index (χ0) is 14.3. The Morgan fingerprint density at radius 3 is 2.90 bits per heavy atom. The van der Waals surface area contributed by atoms with Gasteiger partial charge < -0.3 is 10.2 Å². The predicted molar refractivity (Wildman–Crippen MR) is 83.4 cm³/mol. The van der Waals surface area contributed by atoms with Crippen LogP contribution >= 0.6 is 23.6 Å². The van der Waals surface area contributed by atoms with Crippen LogP contribution in [0.3, 0.4) is 0 Å². The van der Waals surface area contributed by atoms with Crippen molar-refractivity contribution in [1.82, 2.24) is 19.8 Å². The zero-order valence-corrected chi connectivity index (χ0v) is 12.6. The zero-order valence-electron chi connectivity index (χ0n) is 10.9. The molecule has 3 heterocycles. The summed E-state index contributed by atoms with van der Waals surface area (Å²) in [6.07, 6.45) is 0. The first-order valence-electron chi connectivity index (χ1n) is 6.38. The minimum Gasteiger partial charge on any atom is -0.361 e. The van der Waals surface area contributed by atoms with Crippen molar-refractivity contribution in [3.8, 4) is 0 Å². The molecule has 1 aliphatic rings. The van der Waals surface area contributed by atoms with Crippen molar-refractivity contribution in [3.63, 3.8) is 0 Å². The van der Waals surface area contributed by atoms with Gasteiger partial charge in [0, 0.05) is 24.5 Å². The van der Waals surface area contributed by atoms with Crippen molar-refractivity contribution in [2.45, 2.75) is 20.0 Å². The quantitative estimate of drug-likeness (QED) is 0.806. The van der Waals surface area contributed by atoms with Crippen molar-refractivity contribution < 1.29 is 0 Å².